The zero-order valence-corrected chi connectivity index (χ0v) is 17.2. The Bertz CT molecular complexity index is 1310. The molecule has 1 heterocycles. The summed E-state index contributed by atoms with van der Waals surface area (Å²) in [5.74, 6) is -0.0715. The third-order valence-corrected chi connectivity index (χ3v) is 5.11. The van der Waals surface area contributed by atoms with Crippen molar-refractivity contribution in [3.8, 4) is 5.75 Å². The maximum Gasteiger partial charge on any atom is 0.258 e. The molecule has 0 saturated heterocycles. The minimum absolute atomic E-state index is 0.0577. The summed E-state index contributed by atoms with van der Waals surface area (Å²) >= 11 is 0. The van der Waals surface area contributed by atoms with Gasteiger partial charge in [0.2, 0.25) is 0 Å². The highest BCUT2D eigenvalue weighted by Gasteiger charge is 2.20. The first-order valence-electron chi connectivity index (χ1n) is 9.78. The molecule has 1 aromatic heterocycles. The molecule has 3 aromatic carbocycles. The second-order valence-corrected chi connectivity index (χ2v) is 7.31. The lowest BCUT2D eigenvalue weighted by Gasteiger charge is -2.23. The molecule has 0 radical (unpaired) electrons. The molecule has 0 atom stereocenters. The molecule has 0 saturated carbocycles. The molecule has 1 N–H and O–H groups in total. The van der Waals surface area contributed by atoms with Crippen molar-refractivity contribution in [1.29, 1.82) is 0 Å². The van der Waals surface area contributed by atoms with Gasteiger partial charge in [-0.15, -0.1) is 0 Å². The average Bonchev–Trinajstić information content (AvgIpc) is 2.77. The molecule has 4 aromatic rings. The number of aromatic amines is 1. The van der Waals surface area contributed by atoms with Gasteiger partial charge in [0.05, 0.1) is 13.7 Å². The van der Waals surface area contributed by atoms with Gasteiger partial charge in [0.15, 0.2) is 0 Å². The summed E-state index contributed by atoms with van der Waals surface area (Å²) in [6, 6.07) is 20.0. The van der Waals surface area contributed by atoms with E-state index in [-0.39, 0.29) is 18.0 Å². The van der Waals surface area contributed by atoms with Gasteiger partial charge in [0.1, 0.15) is 11.6 Å². The third-order valence-electron chi connectivity index (χ3n) is 5.11. The fraction of sp³-hybridized carbons (Fsp3) is 0.120. The number of H-pyrrole nitrogens is 1. The van der Waals surface area contributed by atoms with Crippen molar-refractivity contribution in [1.82, 2.24) is 4.98 Å². The van der Waals surface area contributed by atoms with Crippen molar-refractivity contribution < 1.29 is 13.9 Å². The summed E-state index contributed by atoms with van der Waals surface area (Å²) < 4.78 is 18.6. The van der Waals surface area contributed by atoms with E-state index in [0.717, 1.165) is 10.9 Å². The monoisotopic (exact) mass is 416 g/mol. The molecule has 6 heteroatoms. The van der Waals surface area contributed by atoms with Crippen LogP contribution in [0.3, 0.4) is 0 Å². The van der Waals surface area contributed by atoms with Crippen LogP contribution >= 0.6 is 0 Å². The molecule has 4 rings (SSSR count). The van der Waals surface area contributed by atoms with Gasteiger partial charge >= 0.3 is 0 Å². The normalized spacial score (nSPS) is 10.8. The van der Waals surface area contributed by atoms with Crippen molar-refractivity contribution in [3.63, 3.8) is 0 Å². The van der Waals surface area contributed by atoms with E-state index in [2.05, 4.69) is 4.98 Å². The van der Waals surface area contributed by atoms with E-state index in [1.807, 2.05) is 37.3 Å². The van der Waals surface area contributed by atoms with Crippen molar-refractivity contribution in [2.24, 2.45) is 0 Å². The molecule has 0 fully saturated rings. The molecule has 156 valence electrons. The standard InChI is InChI=1S/C25H21FN2O3/c1-16-4-3-5-21(12-16)28(25(30)17-6-8-20(26)9-7-17)15-19-13-18-14-22(31-2)10-11-23(18)27-24(19)29/h3-14H,15H2,1-2H3,(H,27,29). The summed E-state index contributed by atoms with van der Waals surface area (Å²) in [6.07, 6.45) is 0. The topological polar surface area (TPSA) is 62.4 Å². The highest BCUT2D eigenvalue weighted by atomic mass is 19.1. The van der Waals surface area contributed by atoms with Crippen LogP contribution in [-0.2, 0) is 6.54 Å². The smallest absolute Gasteiger partial charge is 0.258 e. The number of methoxy groups -OCH3 is 1. The Kier molecular flexibility index (Phi) is 5.54. The van der Waals surface area contributed by atoms with E-state index in [0.29, 0.717) is 28.1 Å². The van der Waals surface area contributed by atoms with Gasteiger partial charge in [-0.25, -0.2) is 4.39 Å². The minimum Gasteiger partial charge on any atom is -0.497 e. The van der Waals surface area contributed by atoms with E-state index in [4.69, 9.17) is 4.74 Å². The number of carbonyl (C=O) groups excluding carboxylic acids is 1. The van der Waals surface area contributed by atoms with Crippen molar-refractivity contribution in [3.05, 3.63) is 106 Å². The Hall–Kier alpha value is -3.93. The number of halogens is 1. The zero-order chi connectivity index (χ0) is 22.0. The van der Waals surface area contributed by atoms with Gasteiger partial charge < -0.3 is 14.6 Å². The average molecular weight is 416 g/mol. The van der Waals surface area contributed by atoms with Crippen molar-refractivity contribution in [2.45, 2.75) is 13.5 Å². The molecule has 0 aliphatic carbocycles. The van der Waals surface area contributed by atoms with Crippen LogP contribution in [-0.4, -0.2) is 18.0 Å². The van der Waals surface area contributed by atoms with E-state index in [9.17, 15) is 14.0 Å². The molecule has 0 aliphatic rings. The van der Waals surface area contributed by atoms with Gasteiger partial charge in [-0.3, -0.25) is 9.59 Å². The number of aryl methyl sites for hydroxylation is 1. The molecule has 31 heavy (non-hydrogen) atoms. The van der Waals surface area contributed by atoms with E-state index in [1.165, 1.54) is 29.2 Å². The predicted molar refractivity (Wildman–Crippen MR) is 119 cm³/mol. The summed E-state index contributed by atoms with van der Waals surface area (Å²) in [7, 11) is 1.58. The summed E-state index contributed by atoms with van der Waals surface area (Å²) in [5.41, 5.74) is 2.80. The Morgan fingerprint density at radius 1 is 1.03 bits per heavy atom. The van der Waals surface area contributed by atoms with Gasteiger partial charge in [-0.05, 0) is 73.2 Å². The minimum atomic E-state index is -0.418. The maximum atomic E-state index is 13.4. The number of benzene rings is 3. The highest BCUT2D eigenvalue weighted by molar-refractivity contribution is 6.06. The van der Waals surface area contributed by atoms with Gasteiger partial charge in [-0.1, -0.05) is 12.1 Å². The Labute approximate surface area is 178 Å². The molecule has 0 spiro atoms. The number of pyridine rings is 1. The van der Waals surface area contributed by atoms with Crippen LogP contribution < -0.4 is 15.2 Å². The van der Waals surface area contributed by atoms with Crippen LogP contribution in [0.1, 0.15) is 21.5 Å². The number of aromatic nitrogens is 1. The Balaban J connectivity index is 1.78. The van der Waals surface area contributed by atoms with Crippen LogP contribution in [0, 0.1) is 12.7 Å². The number of fused-ring (bicyclic) bond motifs is 1. The molecular formula is C25H21FN2O3. The summed E-state index contributed by atoms with van der Waals surface area (Å²) in [4.78, 5) is 30.5. The second kappa shape index (κ2) is 8.44. The van der Waals surface area contributed by atoms with E-state index >= 15 is 0 Å². The molecular weight excluding hydrogens is 395 g/mol. The van der Waals surface area contributed by atoms with Crippen LogP contribution in [0.15, 0.2) is 77.6 Å². The number of hydrogen-bond donors (Lipinski definition) is 1. The van der Waals surface area contributed by atoms with E-state index in [1.54, 1.807) is 25.3 Å². The fourth-order valence-electron chi connectivity index (χ4n) is 3.47. The number of carbonyl (C=O) groups is 1. The Morgan fingerprint density at radius 2 is 1.81 bits per heavy atom. The van der Waals surface area contributed by atoms with Gasteiger partial charge in [0, 0.05) is 27.7 Å². The maximum absolute atomic E-state index is 13.4. The van der Waals surface area contributed by atoms with E-state index < -0.39 is 5.82 Å². The molecule has 0 unspecified atom stereocenters. The van der Waals surface area contributed by atoms with Crippen molar-refractivity contribution in [2.75, 3.05) is 12.0 Å². The lowest BCUT2D eigenvalue weighted by atomic mass is 10.1. The summed E-state index contributed by atoms with van der Waals surface area (Å²) in [5, 5.41) is 0.798. The van der Waals surface area contributed by atoms with Gasteiger partial charge in [-0.2, -0.15) is 0 Å². The van der Waals surface area contributed by atoms with Crippen molar-refractivity contribution >= 4 is 22.5 Å². The second-order valence-electron chi connectivity index (χ2n) is 7.31. The fourth-order valence-corrected chi connectivity index (χ4v) is 3.47. The first kappa shape index (κ1) is 20.3. The summed E-state index contributed by atoms with van der Waals surface area (Å²) in [6.45, 7) is 1.99. The van der Waals surface area contributed by atoms with Crippen LogP contribution in [0.4, 0.5) is 10.1 Å². The lowest BCUT2D eigenvalue weighted by molar-refractivity contribution is 0.0985. The molecule has 0 bridgehead atoms. The van der Waals surface area contributed by atoms with Crippen LogP contribution in [0.2, 0.25) is 0 Å². The number of ether oxygens (including phenoxy) is 1. The zero-order valence-electron chi connectivity index (χ0n) is 17.2. The SMILES string of the molecule is COc1ccc2[nH]c(=O)c(CN(C(=O)c3ccc(F)cc3)c3cccc(C)c3)cc2c1. The number of rotatable bonds is 5. The Morgan fingerprint density at radius 3 is 2.52 bits per heavy atom. The number of hydrogen-bond acceptors (Lipinski definition) is 3. The van der Waals surface area contributed by atoms with Crippen LogP contribution in [0.25, 0.3) is 10.9 Å². The largest absolute Gasteiger partial charge is 0.497 e. The first-order chi connectivity index (χ1) is 14.9. The number of nitrogens with one attached hydrogen (secondary N) is 1. The molecule has 1 amide bonds. The quantitative estimate of drug-likeness (QED) is 0.507. The highest BCUT2D eigenvalue weighted by Crippen LogP contribution is 2.23. The molecule has 0 aliphatic heterocycles. The third kappa shape index (κ3) is 4.33. The number of anilines is 1. The number of nitrogens with zero attached hydrogens (tertiary/aromatic N) is 1. The van der Waals surface area contributed by atoms with Gasteiger partial charge in [0.25, 0.3) is 11.5 Å². The lowest BCUT2D eigenvalue weighted by Crippen LogP contribution is -2.33. The number of amides is 1. The molecule has 5 nitrogen and oxygen atoms in total. The first-order valence-corrected chi connectivity index (χ1v) is 9.78. The van der Waals surface area contributed by atoms with Crippen LogP contribution in [0.5, 0.6) is 5.75 Å². The predicted octanol–water partition coefficient (Wildman–Crippen LogP) is 4.83.